The summed E-state index contributed by atoms with van der Waals surface area (Å²) in [5, 5.41) is 26.3. The van der Waals surface area contributed by atoms with E-state index in [-0.39, 0.29) is 5.69 Å². The highest BCUT2D eigenvalue weighted by Crippen LogP contribution is 2.15. The van der Waals surface area contributed by atoms with Gasteiger partial charge >= 0.3 is 0 Å². The average molecular weight is 284 g/mol. The smallest absolute Gasteiger partial charge is 0.269 e. The summed E-state index contributed by atoms with van der Waals surface area (Å²) in [6.45, 7) is 0. The van der Waals surface area contributed by atoms with Gasteiger partial charge in [-0.3, -0.25) is 15.5 Å². The third-order valence-electron chi connectivity index (χ3n) is 2.63. The van der Waals surface area contributed by atoms with E-state index < -0.39 is 4.92 Å². The fourth-order valence-corrected chi connectivity index (χ4v) is 1.61. The van der Waals surface area contributed by atoms with Crippen LogP contribution in [0.25, 0.3) is 0 Å². The van der Waals surface area contributed by atoms with E-state index in [0.29, 0.717) is 11.4 Å². The summed E-state index contributed by atoms with van der Waals surface area (Å²) < 4.78 is 0. The SMILES string of the molecule is O=[N+]([O-])c1ccc(NN=C(C=NO)c2ccccc2)cc1. The van der Waals surface area contributed by atoms with E-state index in [2.05, 4.69) is 15.7 Å². The largest absolute Gasteiger partial charge is 0.411 e. The van der Waals surface area contributed by atoms with Crippen molar-refractivity contribution in [3.8, 4) is 0 Å². The molecule has 21 heavy (non-hydrogen) atoms. The molecule has 7 heteroatoms. The van der Waals surface area contributed by atoms with Crippen molar-refractivity contribution in [2.24, 2.45) is 10.3 Å². The van der Waals surface area contributed by atoms with Crippen molar-refractivity contribution in [2.75, 3.05) is 5.43 Å². The summed E-state index contributed by atoms with van der Waals surface area (Å²) in [4.78, 5) is 10.1. The first-order valence-electron chi connectivity index (χ1n) is 6.01. The molecule has 0 aliphatic rings. The third kappa shape index (κ3) is 3.87. The van der Waals surface area contributed by atoms with Crippen molar-refractivity contribution in [1.82, 2.24) is 0 Å². The van der Waals surface area contributed by atoms with Gasteiger partial charge in [0.15, 0.2) is 0 Å². The summed E-state index contributed by atoms with van der Waals surface area (Å²) in [7, 11) is 0. The number of oxime groups is 1. The predicted octanol–water partition coefficient (Wildman–Crippen LogP) is 2.87. The normalized spacial score (nSPS) is 11.5. The van der Waals surface area contributed by atoms with Gasteiger partial charge in [-0.1, -0.05) is 35.5 Å². The maximum atomic E-state index is 10.6. The first-order chi connectivity index (χ1) is 10.2. The van der Waals surface area contributed by atoms with Crippen molar-refractivity contribution in [2.45, 2.75) is 0 Å². The Morgan fingerprint density at radius 1 is 1.14 bits per heavy atom. The molecule has 0 radical (unpaired) electrons. The number of hydrazone groups is 1. The Kier molecular flexibility index (Phi) is 4.60. The Labute approximate surface area is 120 Å². The van der Waals surface area contributed by atoms with Crippen LogP contribution in [0.15, 0.2) is 64.9 Å². The van der Waals surface area contributed by atoms with Gasteiger partial charge in [0.25, 0.3) is 5.69 Å². The molecule has 0 fully saturated rings. The highest BCUT2D eigenvalue weighted by atomic mass is 16.6. The molecule has 0 saturated carbocycles. The molecule has 0 atom stereocenters. The van der Waals surface area contributed by atoms with E-state index in [9.17, 15) is 10.1 Å². The summed E-state index contributed by atoms with van der Waals surface area (Å²) in [5.41, 5.74) is 4.54. The number of nitrogens with zero attached hydrogens (tertiary/aromatic N) is 3. The maximum Gasteiger partial charge on any atom is 0.269 e. The van der Waals surface area contributed by atoms with Crippen molar-refractivity contribution in [1.29, 1.82) is 0 Å². The standard InChI is InChI=1S/C14H12N4O3/c19-15-10-14(11-4-2-1-3-5-11)17-16-12-6-8-13(9-7-12)18(20)21/h1-10,16,19H. The Bertz CT molecular complexity index is 666. The lowest BCUT2D eigenvalue weighted by atomic mass is 10.1. The Balaban J connectivity index is 2.18. The summed E-state index contributed by atoms with van der Waals surface area (Å²) >= 11 is 0. The van der Waals surface area contributed by atoms with Gasteiger partial charge in [0.05, 0.1) is 16.8 Å². The van der Waals surface area contributed by atoms with Crippen molar-refractivity contribution in [3.05, 3.63) is 70.3 Å². The lowest BCUT2D eigenvalue weighted by Crippen LogP contribution is -2.06. The molecule has 2 aromatic carbocycles. The molecule has 0 aliphatic heterocycles. The molecule has 7 nitrogen and oxygen atoms in total. The van der Waals surface area contributed by atoms with Crippen LogP contribution in [0.4, 0.5) is 11.4 Å². The van der Waals surface area contributed by atoms with Crippen molar-refractivity contribution >= 4 is 23.3 Å². The highest BCUT2D eigenvalue weighted by Gasteiger charge is 2.04. The predicted molar refractivity (Wildman–Crippen MR) is 80.0 cm³/mol. The Hall–Kier alpha value is -3.22. The summed E-state index contributed by atoms with van der Waals surface area (Å²) in [6.07, 6.45) is 1.20. The molecule has 0 heterocycles. The van der Waals surface area contributed by atoms with Gasteiger partial charge in [0.2, 0.25) is 0 Å². The van der Waals surface area contributed by atoms with Crippen LogP contribution in [0.3, 0.4) is 0 Å². The monoisotopic (exact) mass is 284 g/mol. The van der Waals surface area contributed by atoms with E-state index in [1.165, 1.54) is 18.3 Å². The van der Waals surface area contributed by atoms with E-state index in [1.54, 1.807) is 12.1 Å². The Morgan fingerprint density at radius 3 is 2.38 bits per heavy atom. The fraction of sp³-hybridized carbons (Fsp3) is 0. The van der Waals surface area contributed by atoms with Gasteiger partial charge in [-0.15, -0.1) is 0 Å². The molecule has 106 valence electrons. The van der Waals surface area contributed by atoms with Gasteiger partial charge in [-0.25, -0.2) is 0 Å². The number of nitro groups is 1. The highest BCUT2D eigenvalue weighted by molar-refractivity contribution is 6.38. The fourth-order valence-electron chi connectivity index (χ4n) is 1.61. The zero-order valence-corrected chi connectivity index (χ0v) is 10.9. The van der Waals surface area contributed by atoms with Crippen LogP contribution in [0.1, 0.15) is 5.56 Å². The molecular formula is C14H12N4O3. The van der Waals surface area contributed by atoms with Gasteiger partial charge in [0, 0.05) is 17.7 Å². The molecule has 0 unspecified atom stereocenters. The van der Waals surface area contributed by atoms with Crippen LogP contribution in [-0.4, -0.2) is 22.1 Å². The van der Waals surface area contributed by atoms with Gasteiger partial charge in [-0.2, -0.15) is 5.10 Å². The van der Waals surface area contributed by atoms with Crippen molar-refractivity contribution in [3.63, 3.8) is 0 Å². The van der Waals surface area contributed by atoms with E-state index in [4.69, 9.17) is 5.21 Å². The van der Waals surface area contributed by atoms with Crippen LogP contribution in [0.2, 0.25) is 0 Å². The lowest BCUT2D eigenvalue weighted by molar-refractivity contribution is -0.384. The molecular weight excluding hydrogens is 272 g/mol. The zero-order chi connectivity index (χ0) is 15.1. The van der Waals surface area contributed by atoms with Crippen molar-refractivity contribution < 1.29 is 10.1 Å². The molecule has 0 amide bonds. The average Bonchev–Trinajstić information content (AvgIpc) is 2.52. The van der Waals surface area contributed by atoms with E-state index in [1.807, 2.05) is 30.3 Å². The molecule has 2 aromatic rings. The van der Waals surface area contributed by atoms with E-state index >= 15 is 0 Å². The number of nitro benzene ring substituents is 1. The lowest BCUT2D eigenvalue weighted by Gasteiger charge is -2.03. The minimum atomic E-state index is -0.471. The second kappa shape index (κ2) is 6.80. The van der Waals surface area contributed by atoms with Crippen LogP contribution >= 0.6 is 0 Å². The molecule has 0 aliphatic carbocycles. The topological polar surface area (TPSA) is 100 Å². The number of benzene rings is 2. The second-order valence-electron chi connectivity index (χ2n) is 4.02. The summed E-state index contributed by atoms with van der Waals surface area (Å²) in [6, 6.07) is 15.0. The minimum absolute atomic E-state index is 0.00438. The third-order valence-corrected chi connectivity index (χ3v) is 2.63. The minimum Gasteiger partial charge on any atom is -0.411 e. The molecule has 0 aromatic heterocycles. The molecule has 2 rings (SSSR count). The number of anilines is 1. The van der Waals surface area contributed by atoms with Crippen LogP contribution in [0.5, 0.6) is 0 Å². The van der Waals surface area contributed by atoms with Gasteiger partial charge < -0.3 is 5.21 Å². The van der Waals surface area contributed by atoms with Crippen LogP contribution in [-0.2, 0) is 0 Å². The first-order valence-corrected chi connectivity index (χ1v) is 6.01. The van der Waals surface area contributed by atoms with Gasteiger partial charge in [0.1, 0.15) is 5.71 Å². The molecule has 2 N–H and O–H groups in total. The first kappa shape index (κ1) is 14.2. The second-order valence-corrected chi connectivity index (χ2v) is 4.02. The maximum absolute atomic E-state index is 10.6. The molecule has 0 saturated heterocycles. The summed E-state index contributed by atoms with van der Waals surface area (Å²) in [5.74, 6) is 0. The molecule has 0 spiro atoms. The number of rotatable bonds is 5. The van der Waals surface area contributed by atoms with Crippen LogP contribution in [0, 0.1) is 10.1 Å². The molecule has 0 bridgehead atoms. The zero-order valence-electron chi connectivity index (χ0n) is 10.9. The number of hydrogen-bond donors (Lipinski definition) is 2. The number of non-ortho nitro benzene ring substituents is 1. The van der Waals surface area contributed by atoms with Gasteiger partial charge in [-0.05, 0) is 12.1 Å². The van der Waals surface area contributed by atoms with E-state index in [0.717, 1.165) is 5.56 Å². The Morgan fingerprint density at radius 2 is 1.81 bits per heavy atom. The quantitative estimate of drug-likeness (QED) is 0.381. The van der Waals surface area contributed by atoms with Crippen LogP contribution < -0.4 is 5.43 Å². The number of hydrogen-bond acceptors (Lipinski definition) is 6. The number of nitrogens with one attached hydrogen (secondary N) is 1.